The predicted octanol–water partition coefficient (Wildman–Crippen LogP) is 0.722. The number of aryl methyl sites for hydroxylation is 1. The topological polar surface area (TPSA) is 54.4 Å². The fourth-order valence-corrected chi connectivity index (χ4v) is 1.77. The Balaban J connectivity index is 3.11. The first-order valence-corrected chi connectivity index (χ1v) is 5.47. The minimum absolute atomic E-state index is 0.157. The quantitative estimate of drug-likeness (QED) is 0.549. The summed E-state index contributed by atoms with van der Waals surface area (Å²) in [5.74, 6) is 2.12. The van der Waals surface area contributed by atoms with Crippen LogP contribution in [0, 0.1) is 18.1 Å². The molecule has 1 rings (SSSR count). The number of hydrogen-bond donors (Lipinski definition) is 1. The maximum atomic E-state index is 11.4. The average molecular weight is 210 g/mol. The van der Waals surface area contributed by atoms with Crippen molar-refractivity contribution in [3.8, 4) is 11.2 Å². The second-order valence-corrected chi connectivity index (χ2v) is 4.44. The predicted molar refractivity (Wildman–Crippen MR) is 53.2 cm³/mol. The zero-order valence-electron chi connectivity index (χ0n) is 7.69. The van der Waals surface area contributed by atoms with Crippen LogP contribution in [0.2, 0.25) is 0 Å². The lowest BCUT2D eigenvalue weighted by Gasteiger charge is -1.96. The molecule has 74 valence electrons. The van der Waals surface area contributed by atoms with Crippen LogP contribution in [0.4, 0.5) is 0 Å². The number of hydrogen-bond acceptors (Lipinski definition) is 3. The Labute approximate surface area is 83.3 Å². The highest BCUT2D eigenvalue weighted by molar-refractivity contribution is 7.96. The van der Waals surface area contributed by atoms with E-state index in [1.807, 2.05) is 12.2 Å². The van der Waals surface area contributed by atoms with Crippen LogP contribution in [0.25, 0.3) is 0 Å². The fraction of sp³-hybridized carbons (Fsp3) is 0.200. The largest absolute Gasteiger partial charge is 0.384 e. The van der Waals surface area contributed by atoms with Gasteiger partial charge in [-0.05, 0) is 19.1 Å². The summed E-state index contributed by atoms with van der Waals surface area (Å²) >= 11 is 0. The smallest absolute Gasteiger partial charge is 0.245 e. The molecule has 0 spiro atoms. The van der Waals surface area contributed by atoms with Gasteiger partial charge < -0.3 is 5.11 Å². The van der Waals surface area contributed by atoms with E-state index in [2.05, 4.69) is 5.92 Å². The van der Waals surface area contributed by atoms with Gasteiger partial charge in [-0.2, -0.15) is 0 Å². The van der Waals surface area contributed by atoms with E-state index < -0.39 is 16.4 Å². The van der Waals surface area contributed by atoms with E-state index in [0.29, 0.717) is 0 Å². The van der Waals surface area contributed by atoms with E-state index in [1.54, 1.807) is 12.1 Å². The number of benzene rings is 1. The van der Waals surface area contributed by atoms with Crippen molar-refractivity contribution in [2.75, 3.05) is 6.61 Å². The lowest BCUT2D eigenvalue weighted by Crippen LogP contribution is -1.97. The van der Waals surface area contributed by atoms with E-state index in [0.717, 1.165) is 5.56 Å². The van der Waals surface area contributed by atoms with Gasteiger partial charge in [0.1, 0.15) is 6.61 Å². The summed E-state index contributed by atoms with van der Waals surface area (Å²) in [4.78, 5) is 0.157. The van der Waals surface area contributed by atoms with Gasteiger partial charge >= 0.3 is 0 Å². The van der Waals surface area contributed by atoms with Gasteiger partial charge in [0.25, 0.3) is 0 Å². The first-order chi connectivity index (χ1) is 6.56. The highest BCUT2D eigenvalue weighted by Gasteiger charge is 2.09. The van der Waals surface area contributed by atoms with Crippen molar-refractivity contribution in [1.29, 1.82) is 0 Å². The molecule has 14 heavy (non-hydrogen) atoms. The summed E-state index contributed by atoms with van der Waals surface area (Å²) in [7, 11) is -3.56. The highest BCUT2D eigenvalue weighted by Crippen LogP contribution is 2.10. The van der Waals surface area contributed by atoms with Crippen molar-refractivity contribution in [3.05, 3.63) is 29.8 Å². The summed E-state index contributed by atoms with van der Waals surface area (Å²) in [6.07, 6.45) is 0. The third kappa shape index (κ3) is 2.59. The van der Waals surface area contributed by atoms with Crippen LogP contribution in [-0.2, 0) is 9.84 Å². The molecule has 1 aromatic rings. The van der Waals surface area contributed by atoms with Gasteiger partial charge in [0, 0.05) is 5.25 Å². The fourth-order valence-electron chi connectivity index (χ4n) is 0.904. The second-order valence-electron chi connectivity index (χ2n) is 2.75. The molecule has 0 atom stereocenters. The molecule has 0 aliphatic rings. The van der Waals surface area contributed by atoms with Gasteiger partial charge in [-0.1, -0.05) is 23.6 Å². The summed E-state index contributed by atoms with van der Waals surface area (Å²) in [5, 5.41) is 10.4. The third-order valence-corrected chi connectivity index (χ3v) is 2.92. The average Bonchev–Trinajstić information content (AvgIpc) is 2.16. The van der Waals surface area contributed by atoms with Crippen LogP contribution in [0.5, 0.6) is 0 Å². The van der Waals surface area contributed by atoms with Gasteiger partial charge in [0.15, 0.2) is 0 Å². The number of sulfone groups is 1. The Morgan fingerprint density at radius 1 is 1.29 bits per heavy atom. The molecule has 0 saturated heterocycles. The van der Waals surface area contributed by atoms with Crippen LogP contribution < -0.4 is 0 Å². The van der Waals surface area contributed by atoms with Crippen LogP contribution in [0.3, 0.4) is 0 Å². The minimum Gasteiger partial charge on any atom is -0.384 e. The van der Waals surface area contributed by atoms with Crippen LogP contribution in [0.1, 0.15) is 5.56 Å². The van der Waals surface area contributed by atoms with Gasteiger partial charge in [-0.25, -0.2) is 8.42 Å². The number of aliphatic hydroxyl groups excluding tert-OH is 1. The Morgan fingerprint density at radius 3 is 2.36 bits per heavy atom. The third-order valence-electron chi connectivity index (χ3n) is 1.62. The lowest BCUT2D eigenvalue weighted by molar-refractivity contribution is 0.350. The van der Waals surface area contributed by atoms with Crippen molar-refractivity contribution in [3.63, 3.8) is 0 Å². The second kappa shape index (κ2) is 4.27. The van der Waals surface area contributed by atoms with Gasteiger partial charge in [0.05, 0.1) is 4.90 Å². The molecular weight excluding hydrogens is 200 g/mol. The number of aliphatic hydroxyl groups is 1. The maximum absolute atomic E-state index is 11.4. The van der Waals surface area contributed by atoms with Gasteiger partial charge in [0.2, 0.25) is 9.84 Å². The van der Waals surface area contributed by atoms with Crippen molar-refractivity contribution in [2.45, 2.75) is 11.8 Å². The monoisotopic (exact) mass is 210 g/mol. The molecule has 4 heteroatoms. The minimum atomic E-state index is -3.56. The zero-order chi connectivity index (χ0) is 10.6. The van der Waals surface area contributed by atoms with Crippen LogP contribution in [-0.4, -0.2) is 20.1 Å². The van der Waals surface area contributed by atoms with Crippen molar-refractivity contribution in [1.82, 2.24) is 0 Å². The van der Waals surface area contributed by atoms with E-state index in [-0.39, 0.29) is 4.90 Å². The molecule has 0 aliphatic heterocycles. The molecule has 0 bridgehead atoms. The first kappa shape index (κ1) is 10.8. The van der Waals surface area contributed by atoms with Crippen molar-refractivity contribution >= 4 is 9.84 Å². The maximum Gasteiger partial charge on any atom is 0.245 e. The van der Waals surface area contributed by atoms with E-state index in [1.165, 1.54) is 12.1 Å². The normalized spacial score (nSPS) is 10.4. The molecule has 0 unspecified atom stereocenters. The Kier molecular flexibility index (Phi) is 3.28. The molecule has 1 aromatic carbocycles. The van der Waals surface area contributed by atoms with Gasteiger partial charge in [-0.15, -0.1) is 0 Å². The molecule has 0 fully saturated rings. The Bertz CT molecular complexity index is 460. The molecular formula is C10H10O3S. The van der Waals surface area contributed by atoms with Gasteiger partial charge in [-0.3, -0.25) is 0 Å². The first-order valence-electron chi connectivity index (χ1n) is 3.98. The molecule has 0 aliphatic carbocycles. The molecule has 0 saturated carbocycles. The number of rotatable bonds is 1. The van der Waals surface area contributed by atoms with Crippen molar-refractivity contribution in [2.24, 2.45) is 0 Å². The zero-order valence-corrected chi connectivity index (χ0v) is 8.50. The summed E-state index contributed by atoms with van der Waals surface area (Å²) in [5.41, 5.74) is 0.985. The Morgan fingerprint density at radius 2 is 1.86 bits per heavy atom. The van der Waals surface area contributed by atoms with Crippen molar-refractivity contribution < 1.29 is 13.5 Å². The van der Waals surface area contributed by atoms with E-state index in [9.17, 15) is 8.42 Å². The molecule has 1 N–H and O–H groups in total. The van der Waals surface area contributed by atoms with E-state index in [4.69, 9.17) is 5.11 Å². The van der Waals surface area contributed by atoms with E-state index >= 15 is 0 Å². The van der Waals surface area contributed by atoms with Crippen LogP contribution >= 0.6 is 0 Å². The summed E-state index contributed by atoms with van der Waals surface area (Å²) in [6, 6.07) is 6.40. The molecule has 3 nitrogen and oxygen atoms in total. The van der Waals surface area contributed by atoms with Crippen LogP contribution in [0.15, 0.2) is 29.2 Å². The highest BCUT2D eigenvalue weighted by atomic mass is 32.2. The molecule has 0 heterocycles. The SMILES string of the molecule is Cc1ccc(S(=O)(=O)C#CCO)cc1. The molecule has 0 amide bonds. The lowest BCUT2D eigenvalue weighted by atomic mass is 10.2. The Hall–Kier alpha value is -1.31. The summed E-state index contributed by atoms with van der Waals surface area (Å²) in [6.45, 7) is 1.42. The summed E-state index contributed by atoms with van der Waals surface area (Å²) < 4.78 is 22.8. The standard InChI is InChI=1S/C10H10O3S/c1-9-3-5-10(6-4-9)14(12,13)8-2-7-11/h3-6,11H,7H2,1H3. The molecule has 0 aromatic heterocycles. The molecule has 0 radical (unpaired) electrons.